The summed E-state index contributed by atoms with van der Waals surface area (Å²) in [5.41, 5.74) is 1.67. The van der Waals surface area contributed by atoms with E-state index in [0.717, 1.165) is 27.2 Å². The lowest BCUT2D eigenvalue weighted by Crippen LogP contribution is -2.68. The van der Waals surface area contributed by atoms with Gasteiger partial charge >= 0.3 is 14.4 Å². The van der Waals surface area contributed by atoms with Crippen molar-refractivity contribution in [2.75, 3.05) is 13.7 Å². The number of amides is 1. The van der Waals surface area contributed by atoms with Gasteiger partial charge in [-0.05, 0) is 33.5 Å². The van der Waals surface area contributed by atoms with Gasteiger partial charge in [0, 0.05) is 25.1 Å². The second-order valence-electron chi connectivity index (χ2n) is 12.1. The molecule has 3 atom stereocenters. The first-order valence-electron chi connectivity index (χ1n) is 14.0. The number of ether oxygens (including phenoxy) is 2. The van der Waals surface area contributed by atoms with Gasteiger partial charge in [0.05, 0.1) is 18.6 Å². The van der Waals surface area contributed by atoms with E-state index in [1.54, 1.807) is 7.11 Å². The van der Waals surface area contributed by atoms with Crippen LogP contribution in [0, 0.1) is 0 Å². The molecule has 1 spiro atoms. The number of aliphatic hydroxyl groups excluding tert-OH is 1. The second kappa shape index (κ2) is 9.82. The minimum absolute atomic E-state index is 0.217. The van der Waals surface area contributed by atoms with E-state index in [4.69, 9.17) is 13.9 Å². The van der Waals surface area contributed by atoms with Crippen LogP contribution in [0.1, 0.15) is 44.7 Å². The molecule has 0 radical (unpaired) electrons. The third-order valence-corrected chi connectivity index (χ3v) is 13.8. The third-order valence-electron chi connectivity index (χ3n) is 8.87. The van der Waals surface area contributed by atoms with E-state index >= 15 is 0 Å². The summed E-state index contributed by atoms with van der Waals surface area (Å²) in [7, 11) is -1.42. The molecular formula is C33H37NO5Si. The predicted molar refractivity (Wildman–Crippen MR) is 158 cm³/mol. The Hall–Kier alpha value is -3.55. The summed E-state index contributed by atoms with van der Waals surface area (Å²) >= 11 is 0. The van der Waals surface area contributed by atoms with E-state index in [1.807, 2.05) is 59.5 Å². The van der Waals surface area contributed by atoms with E-state index in [0.29, 0.717) is 31.7 Å². The van der Waals surface area contributed by atoms with Crippen molar-refractivity contribution < 1.29 is 23.8 Å². The molecule has 1 N–H and O–H groups in total. The van der Waals surface area contributed by atoms with Crippen molar-refractivity contribution in [3.8, 4) is 11.5 Å². The van der Waals surface area contributed by atoms with Crippen molar-refractivity contribution in [2.24, 2.45) is 0 Å². The highest BCUT2D eigenvalue weighted by molar-refractivity contribution is 7.00. The zero-order valence-corrected chi connectivity index (χ0v) is 24.6. The van der Waals surface area contributed by atoms with E-state index < -0.39 is 19.8 Å². The highest BCUT2D eigenvalue weighted by Gasteiger charge is 2.56. The standard InChI is InChI=1S/C33H37NO5Si/c1-32(2,3)40(25-11-7-5-8-12-25,26-13-9-6-10-14-26)39-31(36)34-20-19-33-18-17-24(35)21-28(33)38-30-27(37-4)16-15-23(22-34)29(30)33/h5-18,24,28,35H,19-22H2,1-4H3/t24-,28?,33?/m0/s1. The van der Waals surface area contributed by atoms with Gasteiger partial charge in [-0.15, -0.1) is 0 Å². The average Bonchev–Trinajstić information content (AvgIpc) is 3.18. The summed E-state index contributed by atoms with van der Waals surface area (Å²) < 4.78 is 19.0. The van der Waals surface area contributed by atoms with Gasteiger partial charge in [-0.3, -0.25) is 0 Å². The van der Waals surface area contributed by atoms with Gasteiger partial charge in [0.25, 0.3) is 0 Å². The molecule has 2 unspecified atom stereocenters. The number of methoxy groups -OCH3 is 1. The van der Waals surface area contributed by atoms with Crippen molar-refractivity contribution in [2.45, 2.75) is 62.8 Å². The lowest BCUT2D eigenvalue weighted by molar-refractivity contribution is 0.0802. The van der Waals surface area contributed by atoms with Gasteiger partial charge in [0.1, 0.15) is 6.10 Å². The Balaban J connectivity index is 1.42. The van der Waals surface area contributed by atoms with Gasteiger partial charge in [0.2, 0.25) is 0 Å². The number of carbonyl (C=O) groups is 1. The Morgan fingerprint density at radius 3 is 2.27 bits per heavy atom. The van der Waals surface area contributed by atoms with Crippen LogP contribution in [0.15, 0.2) is 84.9 Å². The average molecular weight is 556 g/mol. The van der Waals surface area contributed by atoms with E-state index in [1.165, 1.54) is 0 Å². The molecule has 6 rings (SSSR count). The van der Waals surface area contributed by atoms with Gasteiger partial charge in [0.15, 0.2) is 11.5 Å². The van der Waals surface area contributed by atoms with Gasteiger partial charge in [-0.25, -0.2) is 4.79 Å². The Labute approximate surface area is 237 Å². The summed E-state index contributed by atoms with van der Waals surface area (Å²) in [6.45, 7) is 7.45. The summed E-state index contributed by atoms with van der Waals surface area (Å²) in [5, 5.41) is 12.2. The molecule has 3 aromatic carbocycles. The molecule has 6 nitrogen and oxygen atoms in total. The minimum atomic E-state index is -3.06. The van der Waals surface area contributed by atoms with E-state index in [2.05, 4.69) is 51.1 Å². The fraction of sp³-hybridized carbons (Fsp3) is 0.364. The molecule has 0 saturated carbocycles. The highest BCUT2D eigenvalue weighted by atomic mass is 28.4. The number of nitrogens with zero attached hydrogens (tertiary/aromatic N) is 1. The van der Waals surface area contributed by atoms with Crippen molar-refractivity contribution >= 4 is 24.8 Å². The molecule has 3 aliphatic rings. The van der Waals surface area contributed by atoms with Crippen molar-refractivity contribution in [1.82, 2.24) is 4.90 Å². The van der Waals surface area contributed by atoms with E-state index in [9.17, 15) is 9.90 Å². The summed E-state index contributed by atoms with van der Waals surface area (Å²) in [6.07, 6.45) is 4.06. The monoisotopic (exact) mass is 555 g/mol. The smallest absolute Gasteiger partial charge is 0.397 e. The Kier molecular flexibility index (Phi) is 6.54. The van der Waals surface area contributed by atoms with Crippen LogP contribution in [0.5, 0.6) is 11.5 Å². The largest absolute Gasteiger partial charge is 0.494 e. The number of hydrogen-bond donors (Lipinski definition) is 1. The lowest BCUT2D eigenvalue weighted by Gasteiger charge is -2.43. The Morgan fingerprint density at radius 2 is 1.68 bits per heavy atom. The topological polar surface area (TPSA) is 68.2 Å². The SMILES string of the molecule is COc1ccc2c3c1OC1C[C@@H](O)C=CC31CCN(C(=O)O[Si](c1ccccc1)(c1ccccc1)C(C)(C)C)C2. The number of rotatable bonds is 4. The van der Waals surface area contributed by atoms with Gasteiger partial charge in [-0.2, -0.15) is 0 Å². The maximum Gasteiger partial charge on any atom is 0.397 e. The van der Waals surface area contributed by atoms with Crippen LogP contribution in [0.25, 0.3) is 0 Å². The highest BCUT2D eigenvalue weighted by Crippen LogP contribution is 2.55. The molecule has 1 aliphatic carbocycles. The number of aliphatic hydroxyl groups is 1. The van der Waals surface area contributed by atoms with Crippen LogP contribution in [0.4, 0.5) is 4.79 Å². The molecule has 2 aliphatic heterocycles. The quantitative estimate of drug-likeness (QED) is 0.366. The molecular weight excluding hydrogens is 518 g/mol. The van der Waals surface area contributed by atoms with E-state index in [-0.39, 0.29) is 17.2 Å². The number of hydrogen-bond acceptors (Lipinski definition) is 5. The van der Waals surface area contributed by atoms with Crippen LogP contribution in [-0.4, -0.2) is 50.3 Å². The molecule has 0 aromatic heterocycles. The Bertz CT molecular complexity index is 1390. The van der Waals surface area contributed by atoms with Crippen molar-refractivity contribution in [1.29, 1.82) is 0 Å². The zero-order chi connectivity index (χ0) is 28.1. The van der Waals surface area contributed by atoms with Crippen LogP contribution in [0.2, 0.25) is 5.04 Å². The third kappa shape index (κ3) is 4.06. The number of carbonyl (C=O) groups excluding carboxylic acids is 1. The number of benzene rings is 3. The molecule has 40 heavy (non-hydrogen) atoms. The van der Waals surface area contributed by atoms with Gasteiger partial charge in [-0.1, -0.05) is 99.7 Å². The van der Waals surface area contributed by atoms with Gasteiger partial charge < -0.3 is 23.9 Å². The minimum Gasteiger partial charge on any atom is -0.494 e. The molecule has 3 aromatic rings. The van der Waals surface area contributed by atoms with Crippen LogP contribution >= 0.6 is 0 Å². The summed E-state index contributed by atoms with van der Waals surface area (Å²) in [4.78, 5) is 16.2. The molecule has 1 amide bonds. The van der Waals surface area contributed by atoms with Crippen LogP contribution in [-0.2, 0) is 16.4 Å². The normalized spacial score (nSPS) is 23.5. The molecule has 0 saturated heterocycles. The molecule has 208 valence electrons. The van der Waals surface area contributed by atoms with Crippen LogP contribution < -0.4 is 19.8 Å². The molecule has 0 bridgehead atoms. The van der Waals surface area contributed by atoms with Crippen LogP contribution in [0.3, 0.4) is 0 Å². The fourth-order valence-corrected chi connectivity index (χ4v) is 11.3. The zero-order valence-electron chi connectivity index (χ0n) is 23.6. The maximum atomic E-state index is 14.3. The predicted octanol–water partition coefficient (Wildman–Crippen LogP) is 4.92. The molecule has 0 fully saturated rings. The maximum absolute atomic E-state index is 14.3. The fourth-order valence-electron chi connectivity index (χ4n) is 6.94. The summed E-state index contributed by atoms with van der Waals surface area (Å²) in [5.74, 6) is 1.41. The van der Waals surface area contributed by atoms with Crippen molar-refractivity contribution in [3.63, 3.8) is 0 Å². The second-order valence-corrected chi connectivity index (χ2v) is 16.4. The Morgan fingerprint density at radius 1 is 1.02 bits per heavy atom. The first kappa shape index (κ1) is 26.7. The molecule has 2 heterocycles. The first-order valence-corrected chi connectivity index (χ1v) is 15.9. The first-order chi connectivity index (χ1) is 19.2. The lowest BCUT2D eigenvalue weighted by atomic mass is 9.69. The van der Waals surface area contributed by atoms with Crippen molar-refractivity contribution in [3.05, 3.63) is 96.1 Å². The molecule has 7 heteroatoms. The summed E-state index contributed by atoms with van der Waals surface area (Å²) in [6, 6.07) is 24.4.